The van der Waals surface area contributed by atoms with Crippen LogP contribution in [0.25, 0.3) is 0 Å². The van der Waals surface area contributed by atoms with Crippen molar-refractivity contribution in [1.82, 2.24) is 0 Å². The first-order valence-electron chi connectivity index (χ1n) is 8.74. The normalized spacial score (nSPS) is 29.8. The Bertz CT molecular complexity index is 525. The van der Waals surface area contributed by atoms with Gasteiger partial charge in [-0.05, 0) is 56.2 Å². The van der Waals surface area contributed by atoms with Gasteiger partial charge in [-0.25, -0.2) is 0 Å². The van der Waals surface area contributed by atoms with Crippen molar-refractivity contribution in [1.29, 1.82) is 0 Å². The molecule has 0 aliphatic heterocycles. The monoisotopic (exact) mass is 318 g/mol. The van der Waals surface area contributed by atoms with Gasteiger partial charge in [-0.2, -0.15) is 0 Å². The second-order valence-corrected chi connectivity index (χ2v) is 6.75. The zero-order chi connectivity index (χ0) is 16.2. The van der Waals surface area contributed by atoms with Gasteiger partial charge in [-0.3, -0.25) is 4.79 Å². The second-order valence-electron chi connectivity index (χ2n) is 6.75. The summed E-state index contributed by atoms with van der Waals surface area (Å²) in [4.78, 5) is 11.6. The Hall–Kier alpha value is -1.55. The van der Waals surface area contributed by atoms with Crippen molar-refractivity contribution in [3.05, 3.63) is 29.8 Å². The van der Waals surface area contributed by atoms with Crippen molar-refractivity contribution in [2.24, 2.45) is 11.8 Å². The highest BCUT2D eigenvalue weighted by molar-refractivity contribution is 5.75. The highest BCUT2D eigenvalue weighted by atomic mass is 16.5. The smallest absolute Gasteiger partial charge is 0.309 e. The molecular formula is C19H26O4. The van der Waals surface area contributed by atoms with Crippen molar-refractivity contribution < 1.29 is 19.4 Å². The number of carbonyl (C=O) groups is 1. The van der Waals surface area contributed by atoms with Gasteiger partial charge in [-0.1, -0.05) is 18.6 Å². The molecule has 126 valence electrons. The van der Waals surface area contributed by atoms with E-state index in [2.05, 4.69) is 12.1 Å². The molecule has 2 saturated carbocycles. The van der Waals surface area contributed by atoms with E-state index >= 15 is 0 Å². The van der Waals surface area contributed by atoms with E-state index in [4.69, 9.17) is 9.47 Å². The Morgan fingerprint density at radius 3 is 2.70 bits per heavy atom. The minimum absolute atomic E-state index is 0.0259. The van der Waals surface area contributed by atoms with Crippen LogP contribution >= 0.6 is 0 Å². The molecule has 1 aromatic carbocycles. The molecule has 2 aliphatic carbocycles. The van der Waals surface area contributed by atoms with Crippen LogP contribution in [0.4, 0.5) is 0 Å². The zero-order valence-electron chi connectivity index (χ0n) is 13.7. The van der Waals surface area contributed by atoms with Crippen LogP contribution in [0.3, 0.4) is 0 Å². The summed E-state index contributed by atoms with van der Waals surface area (Å²) in [7, 11) is 0. The van der Waals surface area contributed by atoms with Gasteiger partial charge in [-0.15, -0.1) is 0 Å². The van der Waals surface area contributed by atoms with Crippen molar-refractivity contribution in [3.63, 3.8) is 0 Å². The summed E-state index contributed by atoms with van der Waals surface area (Å²) in [5, 5.41) is 9.79. The Kier molecular flexibility index (Phi) is 5.21. The summed E-state index contributed by atoms with van der Waals surface area (Å²) in [6.07, 6.45) is 4.77. The van der Waals surface area contributed by atoms with E-state index in [0.717, 1.165) is 37.9 Å². The SMILES string of the molecule is CCOC(=O)[C@@H]1CC1COc1ccc([C@@H]2CCC[C@H](O)C2)cc1. The summed E-state index contributed by atoms with van der Waals surface area (Å²) in [5.41, 5.74) is 1.28. The highest BCUT2D eigenvalue weighted by Gasteiger charge is 2.44. The number of hydrogen-bond acceptors (Lipinski definition) is 4. The van der Waals surface area contributed by atoms with Crippen LogP contribution in [0.15, 0.2) is 24.3 Å². The minimum Gasteiger partial charge on any atom is -0.493 e. The van der Waals surface area contributed by atoms with Crippen LogP contribution in [0.5, 0.6) is 5.75 Å². The van der Waals surface area contributed by atoms with Gasteiger partial charge in [0.2, 0.25) is 0 Å². The van der Waals surface area contributed by atoms with E-state index in [9.17, 15) is 9.90 Å². The van der Waals surface area contributed by atoms with Crippen LogP contribution in [0.2, 0.25) is 0 Å². The van der Waals surface area contributed by atoms with Gasteiger partial charge in [0.25, 0.3) is 0 Å². The summed E-state index contributed by atoms with van der Waals surface area (Å²) < 4.78 is 10.8. The molecule has 3 rings (SSSR count). The number of rotatable bonds is 6. The van der Waals surface area contributed by atoms with Crippen molar-refractivity contribution in [2.45, 2.75) is 51.0 Å². The maximum Gasteiger partial charge on any atom is 0.309 e. The number of esters is 1. The van der Waals surface area contributed by atoms with Crippen LogP contribution < -0.4 is 4.74 Å². The number of aliphatic hydroxyl groups is 1. The summed E-state index contributed by atoms with van der Waals surface area (Å²) in [6, 6.07) is 8.21. The van der Waals surface area contributed by atoms with Gasteiger partial charge < -0.3 is 14.6 Å². The molecule has 2 fully saturated rings. The third-order valence-electron chi connectivity index (χ3n) is 4.97. The fourth-order valence-corrected chi connectivity index (χ4v) is 3.48. The van der Waals surface area contributed by atoms with E-state index in [-0.39, 0.29) is 18.0 Å². The Balaban J connectivity index is 1.46. The van der Waals surface area contributed by atoms with Gasteiger partial charge in [0.1, 0.15) is 5.75 Å². The van der Waals surface area contributed by atoms with Crippen molar-refractivity contribution in [2.75, 3.05) is 13.2 Å². The third kappa shape index (κ3) is 4.25. The summed E-state index contributed by atoms with van der Waals surface area (Å²) >= 11 is 0. The standard InChI is InChI=1S/C19H26O4/c1-2-22-19(21)18-11-15(18)12-23-17-8-6-13(7-9-17)14-4-3-5-16(20)10-14/h6-9,14-16,18,20H,2-5,10-12H2,1H3/t14-,15?,16+,18-/m1/s1. The van der Waals surface area contributed by atoms with Crippen LogP contribution in [0.1, 0.15) is 50.5 Å². The maximum absolute atomic E-state index is 11.6. The minimum atomic E-state index is -0.153. The van der Waals surface area contributed by atoms with Gasteiger partial charge in [0.05, 0.1) is 25.2 Å². The number of aliphatic hydroxyl groups excluding tert-OH is 1. The highest BCUT2D eigenvalue weighted by Crippen LogP contribution is 2.40. The molecular weight excluding hydrogens is 292 g/mol. The second kappa shape index (κ2) is 7.35. The number of ether oxygens (including phenoxy) is 2. The van der Waals surface area contributed by atoms with Crippen molar-refractivity contribution in [3.8, 4) is 5.75 Å². The first-order valence-corrected chi connectivity index (χ1v) is 8.74. The molecule has 0 radical (unpaired) electrons. The molecule has 0 bridgehead atoms. The fourth-order valence-electron chi connectivity index (χ4n) is 3.48. The topological polar surface area (TPSA) is 55.8 Å². The van der Waals surface area contributed by atoms with Gasteiger partial charge in [0.15, 0.2) is 0 Å². The Morgan fingerprint density at radius 2 is 2.00 bits per heavy atom. The molecule has 1 unspecified atom stereocenters. The van der Waals surface area contributed by atoms with Gasteiger partial charge >= 0.3 is 5.97 Å². The van der Waals surface area contributed by atoms with E-state index in [1.54, 1.807) is 0 Å². The number of benzene rings is 1. The molecule has 0 spiro atoms. The predicted molar refractivity (Wildman–Crippen MR) is 87.4 cm³/mol. The predicted octanol–water partition coefficient (Wildman–Crippen LogP) is 3.28. The van der Waals surface area contributed by atoms with Crippen LogP contribution in [-0.2, 0) is 9.53 Å². The number of carbonyl (C=O) groups excluding carboxylic acids is 1. The molecule has 23 heavy (non-hydrogen) atoms. The molecule has 0 heterocycles. The van der Waals surface area contributed by atoms with Crippen LogP contribution in [0, 0.1) is 11.8 Å². The largest absolute Gasteiger partial charge is 0.493 e. The molecule has 1 N–H and O–H groups in total. The van der Waals surface area contributed by atoms with Crippen molar-refractivity contribution >= 4 is 5.97 Å². The lowest BCUT2D eigenvalue weighted by Gasteiger charge is -2.26. The van der Waals surface area contributed by atoms with E-state index in [1.807, 2.05) is 19.1 Å². The summed E-state index contributed by atoms with van der Waals surface area (Å²) in [5.74, 6) is 1.54. The maximum atomic E-state index is 11.6. The lowest BCUT2D eigenvalue weighted by molar-refractivity contribution is -0.145. The lowest BCUT2D eigenvalue weighted by atomic mass is 9.82. The first kappa shape index (κ1) is 16.3. The molecule has 0 aromatic heterocycles. The Morgan fingerprint density at radius 1 is 1.22 bits per heavy atom. The molecule has 2 aliphatic rings. The molecule has 4 heteroatoms. The zero-order valence-corrected chi connectivity index (χ0v) is 13.7. The Labute approximate surface area is 137 Å². The molecule has 4 nitrogen and oxygen atoms in total. The quantitative estimate of drug-likeness (QED) is 0.818. The summed E-state index contributed by atoms with van der Waals surface area (Å²) in [6.45, 7) is 2.85. The molecule has 4 atom stereocenters. The fraction of sp³-hybridized carbons (Fsp3) is 0.632. The molecule has 0 amide bonds. The van der Waals surface area contributed by atoms with E-state index in [0.29, 0.717) is 25.0 Å². The molecule has 0 saturated heterocycles. The van der Waals surface area contributed by atoms with E-state index < -0.39 is 0 Å². The van der Waals surface area contributed by atoms with E-state index in [1.165, 1.54) is 5.56 Å². The average molecular weight is 318 g/mol. The third-order valence-corrected chi connectivity index (χ3v) is 4.97. The molecule has 1 aromatic rings. The first-order chi connectivity index (χ1) is 11.2. The van der Waals surface area contributed by atoms with Gasteiger partial charge in [0, 0.05) is 5.92 Å². The number of hydrogen-bond donors (Lipinski definition) is 1. The van der Waals surface area contributed by atoms with Crippen LogP contribution in [-0.4, -0.2) is 30.4 Å². The average Bonchev–Trinajstić information content (AvgIpc) is 3.33. The lowest BCUT2D eigenvalue weighted by Crippen LogP contribution is -2.18.